The van der Waals surface area contributed by atoms with E-state index in [0.717, 1.165) is 16.3 Å². The van der Waals surface area contributed by atoms with E-state index in [1.165, 1.54) is 16.4 Å². The molecule has 0 atom stereocenters. The summed E-state index contributed by atoms with van der Waals surface area (Å²) in [6.07, 6.45) is 0. The molecule has 0 bridgehead atoms. The Labute approximate surface area is 187 Å². The molecule has 1 aliphatic heterocycles. The number of carbonyl (C=O) groups is 1. The van der Waals surface area contributed by atoms with Gasteiger partial charge in [-0.2, -0.15) is 4.31 Å². The summed E-state index contributed by atoms with van der Waals surface area (Å²) in [5.41, 5.74) is 1.23. The number of benzene rings is 3. The Bertz CT molecular complexity index is 1220. The lowest BCUT2D eigenvalue weighted by molar-refractivity contribution is 0.0950. The Morgan fingerprint density at radius 3 is 2.42 bits per heavy atom. The topological polar surface area (TPSA) is 69.7 Å². The fraction of sp³-hybridized carbons (Fsp3) is 0.261. The molecule has 0 spiro atoms. The molecule has 1 saturated heterocycles. The van der Waals surface area contributed by atoms with E-state index in [1.807, 2.05) is 49.5 Å². The third kappa shape index (κ3) is 4.75. The van der Waals surface area contributed by atoms with E-state index in [0.29, 0.717) is 32.7 Å². The van der Waals surface area contributed by atoms with Crippen LogP contribution in [0.4, 0.5) is 0 Å². The van der Waals surface area contributed by atoms with Crippen molar-refractivity contribution in [3.63, 3.8) is 0 Å². The first-order chi connectivity index (χ1) is 14.8. The first-order valence-corrected chi connectivity index (χ1v) is 11.9. The van der Waals surface area contributed by atoms with Crippen LogP contribution in [0.1, 0.15) is 15.9 Å². The SMILES string of the molecule is CN1CCN(S(=O)(=O)c2cc(C(=O)NCc3ccc4ccccc4c3)ccc2Cl)CC1. The second-order valence-electron chi connectivity index (χ2n) is 7.72. The quantitative estimate of drug-likeness (QED) is 0.637. The van der Waals surface area contributed by atoms with E-state index in [-0.39, 0.29) is 21.4 Å². The van der Waals surface area contributed by atoms with E-state index in [1.54, 1.807) is 6.07 Å². The maximum atomic E-state index is 13.1. The maximum Gasteiger partial charge on any atom is 0.251 e. The second-order valence-corrected chi connectivity index (χ2v) is 10.0. The van der Waals surface area contributed by atoms with Crippen molar-refractivity contribution >= 4 is 38.3 Å². The minimum absolute atomic E-state index is 0.0305. The van der Waals surface area contributed by atoms with Crippen molar-refractivity contribution in [1.82, 2.24) is 14.5 Å². The van der Waals surface area contributed by atoms with Gasteiger partial charge in [0.15, 0.2) is 0 Å². The van der Waals surface area contributed by atoms with Gasteiger partial charge >= 0.3 is 0 Å². The zero-order valence-electron chi connectivity index (χ0n) is 17.2. The van der Waals surface area contributed by atoms with Crippen molar-refractivity contribution in [2.24, 2.45) is 0 Å². The number of amides is 1. The van der Waals surface area contributed by atoms with Crippen LogP contribution in [-0.4, -0.2) is 56.8 Å². The van der Waals surface area contributed by atoms with Crippen LogP contribution in [0.5, 0.6) is 0 Å². The molecule has 3 aromatic carbocycles. The monoisotopic (exact) mass is 457 g/mol. The third-order valence-corrected chi connectivity index (χ3v) is 7.92. The number of piperazine rings is 1. The van der Waals surface area contributed by atoms with Gasteiger partial charge in [-0.3, -0.25) is 4.79 Å². The molecule has 1 heterocycles. The summed E-state index contributed by atoms with van der Waals surface area (Å²) >= 11 is 6.21. The van der Waals surface area contributed by atoms with E-state index < -0.39 is 10.0 Å². The molecule has 1 fully saturated rings. The summed E-state index contributed by atoms with van der Waals surface area (Å²) in [5.74, 6) is -0.348. The van der Waals surface area contributed by atoms with Crippen molar-refractivity contribution in [2.45, 2.75) is 11.4 Å². The Morgan fingerprint density at radius 1 is 0.968 bits per heavy atom. The number of fused-ring (bicyclic) bond motifs is 1. The Morgan fingerprint density at radius 2 is 1.68 bits per heavy atom. The van der Waals surface area contributed by atoms with Gasteiger partial charge in [0, 0.05) is 38.3 Å². The number of rotatable bonds is 5. The largest absolute Gasteiger partial charge is 0.348 e. The standard InChI is InChI=1S/C23H24ClN3O3S/c1-26-10-12-27(13-11-26)31(29,30)22-15-20(8-9-21(22)24)23(28)25-16-17-6-7-18-4-2-3-5-19(18)14-17/h2-9,14-15H,10-13,16H2,1H3,(H,25,28). The van der Waals surface area contributed by atoms with Crippen molar-refractivity contribution in [2.75, 3.05) is 33.2 Å². The molecule has 1 aliphatic rings. The van der Waals surface area contributed by atoms with Gasteiger partial charge in [-0.25, -0.2) is 8.42 Å². The predicted molar refractivity (Wildman–Crippen MR) is 123 cm³/mol. The first-order valence-electron chi connectivity index (χ1n) is 10.1. The minimum Gasteiger partial charge on any atom is -0.348 e. The van der Waals surface area contributed by atoms with E-state index in [2.05, 4.69) is 10.2 Å². The van der Waals surface area contributed by atoms with Gasteiger partial charge in [-0.15, -0.1) is 0 Å². The van der Waals surface area contributed by atoms with Crippen LogP contribution in [0.15, 0.2) is 65.6 Å². The molecule has 0 unspecified atom stereocenters. The molecular formula is C23H24ClN3O3S. The Balaban J connectivity index is 1.51. The lowest BCUT2D eigenvalue weighted by Gasteiger charge is -2.31. The van der Waals surface area contributed by atoms with E-state index in [9.17, 15) is 13.2 Å². The van der Waals surface area contributed by atoms with Crippen LogP contribution < -0.4 is 5.32 Å². The molecule has 1 amide bonds. The van der Waals surface area contributed by atoms with Gasteiger partial charge in [0.2, 0.25) is 10.0 Å². The molecule has 31 heavy (non-hydrogen) atoms. The van der Waals surface area contributed by atoms with Gasteiger partial charge in [0.25, 0.3) is 5.91 Å². The van der Waals surface area contributed by atoms with E-state index >= 15 is 0 Å². The molecule has 4 rings (SSSR count). The van der Waals surface area contributed by atoms with Crippen LogP contribution in [-0.2, 0) is 16.6 Å². The predicted octanol–water partition coefficient (Wildman–Crippen LogP) is 3.36. The number of halogens is 1. The van der Waals surface area contributed by atoms with Crippen LogP contribution in [0.2, 0.25) is 5.02 Å². The van der Waals surface area contributed by atoms with Gasteiger partial charge < -0.3 is 10.2 Å². The molecule has 0 aromatic heterocycles. The highest BCUT2D eigenvalue weighted by molar-refractivity contribution is 7.89. The Hall–Kier alpha value is -2.45. The van der Waals surface area contributed by atoms with Gasteiger partial charge in [0.1, 0.15) is 4.90 Å². The molecule has 1 N–H and O–H groups in total. The lowest BCUT2D eigenvalue weighted by atomic mass is 10.1. The van der Waals surface area contributed by atoms with Gasteiger partial charge in [0.05, 0.1) is 5.02 Å². The van der Waals surface area contributed by atoms with Crippen molar-refractivity contribution in [3.8, 4) is 0 Å². The smallest absolute Gasteiger partial charge is 0.251 e. The number of hydrogen-bond donors (Lipinski definition) is 1. The summed E-state index contributed by atoms with van der Waals surface area (Å²) in [4.78, 5) is 14.8. The highest BCUT2D eigenvalue weighted by Crippen LogP contribution is 2.27. The number of likely N-dealkylation sites (N-methyl/N-ethyl adjacent to an activating group) is 1. The average Bonchev–Trinajstić information content (AvgIpc) is 2.77. The summed E-state index contributed by atoms with van der Waals surface area (Å²) in [7, 11) is -1.81. The maximum absolute atomic E-state index is 13.1. The molecule has 6 nitrogen and oxygen atoms in total. The first kappa shape index (κ1) is 21.8. The van der Waals surface area contributed by atoms with Crippen molar-refractivity contribution in [3.05, 3.63) is 76.8 Å². The molecular weight excluding hydrogens is 434 g/mol. The highest BCUT2D eigenvalue weighted by Gasteiger charge is 2.30. The molecule has 8 heteroatoms. The van der Waals surface area contributed by atoms with Crippen LogP contribution in [0.25, 0.3) is 10.8 Å². The summed E-state index contributed by atoms with van der Waals surface area (Å²) in [6, 6.07) is 18.4. The number of nitrogens with zero attached hydrogens (tertiary/aromatic N) is 2. The third-order valence-electron chi connectivity index (χ3n) is 5.54. The second kappa shape index (κ2) is 8.96. The normalized spacial score (nSPS) is 15.8. The van der Waals surface area contributed by atoms with E-state index in [4.69, 9.17) is 11.6 Å². The van der Waals surface area contributed by atoms with Gasteiger partial charge in [-0.1, -0.05) is 48.0 Å². The molecule has 162 valence electrons. The number of sulfonamides is 1. The van der Waals surface area contributed by atoms with Crippen molar-refractivity contribution < 1.29 is 13.2 Å². The van der Waals surface area contributed by atoms with Crippen LogP contribution in [0.3, 0.4) is 0 Å². The summed E-state index contributed by atoms with van der Waals surface area (Å²) in [6.45, 7) is 2.44. The van der Waals surface area contributed by atoms with Crippen molar-refractivity contribution in [1.29, 1.82) is 0 Å². The molecule has 0 radical (unpaired) electrons. The highest BCUT2D eigenvalue weighted by atomic mass is 35.5. The molecule has 0 aliphatic carbocycles. The average molecular weight is 458 g/mol. The fourth-order valence-electron chi connectivity index (χ4n) is 3.64. The number of hydrogen-bond acceptors (Lipinski definition) is 4. The minimum atomic E-state index is -3.77. The molecule has 0 saturated carbocycles. The van der Waals surface area contributed by atoms with Crippen LogP contribution >= 0.6 is 11.6 Å². The summed E-state index contributed by atoms with van der Waals surface area (Å²) < 4.78 is 27.6. The zero-order valence-corrected chi connectivity index (χ0v) is 18.8. The van der Waals surface area contributed by atoms with Gasteiger partial charge in [-0.05, 0) is 47.6 Å². The Kier molecular flexibility index (Phi) is 6.29. The number of carbonyl (C=O) groups excluding carboxylic acids is 1. The summed E-state index contributed by atoms with van der Waals surface area (Å²) in [5, 5.41) is 5.21. The zero-order chi connectivity index (χ0) is 22.0. The van der Waals surface area contributed by atoms with Crippen LogP contribution in [0, 0.1) is 0 Å². The molecule has 3 aromatic rings. The lowest BCUT2D eigenvalue weighted by Crippen LogP contribution is -2.47. The fourth-order valence-corrected chi connectivity index (χ4v) is 5.57. The number of nitrogens with one attached hydrogen (secondary N) is 1.